The highest BCUT2D eigenvalue weighted by atomic mass is 16.7. The van der Waals surface area contributed by atoms with Crippen LogP contribution >= 0.6 is 0 Å². The van der Waals surface area contributed by atoms with Gasteiger partial charge in [0.15, 0.2) is 0 Å². The molecule has 1 fully saturated rings. The average Bonchev–Trinajstić information content (AvgIpc) is 2.74. The Morgan fingerprint density at radius 2 is 1.78 bits per heavy atom. The van der Waals surface area contributed by atoms with E-state index >= 15 is 0 Å². The SMILES string of the molecule is O=C(NCCN1CCOCC1)C1Oc2ccccc2C(c2ccccc2)O1. The van der Waals surface area contributed by atoms with Crippen LogP contribution in [0.3, 0.4) is 0 Å². The molecule has 2 aromatic carbocycles. The second kappa shape index (κ2) is 8.52. The number of carbonyl (C=O) groups excluding carboxylic acids is 1. The number of fused-ring (bicyclic) bond motifs is 1. The molecule has 2 aliphatic rings. The van der Waals surface area contributed by atoms with Crippen LogP contribution in [0, 0.1) is 0 Å². The second-order valence-corrected chi connectivity index (χ2v) is 6.66. The van der Waals surface area contributed by atoms with Crippen molar-refractivity contribution in [1.29, 1.82) is 0 Å². The van der Waals surface area contributed by atoms with E-state index in [0.717, 1.165) is 44.0 Å². The van der Waals surface area contributed by atoms with E-state index in [1.807, 2.05) is 54.6 Å². The number of hydrogen-bond donors (Lipinski definition) is 1. The van der Waals surface area contributed by atoms with Crippen molar-refractivity contribution in [2.75, 3.05) is 39.4 Å². The molecule has 0 aromatic heterocycles. The molecular formula is C21H24N2O4. The first kappa shape index (κ1) is 18.0. The molecule has 0 saturated carbocycles. The monoisotopic (exact) mass is 368 g/mol. The van der Waals surface area contributed by atoms with E-state index in [9.17, 15) is 4.79 Å². The van der Waals surface area contributed by atoms with Gasteiger partial charge in [0, 0.05) is 31.7 Å². The van der Waals surface area contributed by atoms with Crippen molar-refractivity contribution in [2.45, 2.75) is 12.4 Å². The van der Waals surface area contributed by atoms with Crippen molar-refractivity contribution in [2.24, 2.45) is 0 Å². The Hall–Kier alpha value is -2.41. The Morgan fingerprint density at radius 1 is 1.04 bits per heavy atom. The van der Waals surface area contributed by atoms with E-state index in [2.05, 4.69) is 10.2 Å². The van der Waals surface area contributed by atoms with Crippen molar-refractivity contribution in [3.63, 3.8) is 0 Å². The zero-order chi connectivity index (χ0) is 18.5. The first-order chi connectivity index (χ1) is 13.3. The minimum absolute atomic E-state index is 0.251. The maximum Gasteiger partial charge on any atom is 0.289 e. The van der Waals surface area contributed by atoms with Gasteiger partial charge in [0.25, 0.3) is 12.2 Å². The van der Waals surface area contributed by atoms with E-state index in [1.165, 1.54) is 0 Å². The van der Waals surface area contributed by atoms with Gasteiger partial charge in [0.1, 0.15) is 11.9 Å². The molecule has 1 saturated heterocycles. The van der Waals surface area contributed by atoms with Crippen LogP contribution < -0.4 is 10.1 Å². The summed E-state index contributed by atoms with van der Waals surface area (Å²) >= 11 is 0. The molecule has 0 radical (unpaired) electrons. The number of nitrogens with one attached hydrogen (secondary N) is 1. The minimum Gasteiger partial charge on any atom is -0.455 e. The zero-order valence-electron chi connectivity index (χ0n) is 15.2. The summed E-state index contributed by atoms with van der Waals surface area (Å²) in [7, 11) is 0. The highest BCUT2D eigenvalue weighted by Gasteiger charge is 2.34. The fourth-order valence-electron chi connectivity index (χ4n) is 3.39. The topological polar surface area (TPSA) is 60.0 Å². The minimum atomic E-state index is -0.963. The van der Waals surface area contributed by atoms with Gasteiger partial charge in [-0.15, -0.1) is 0 Å². The molecule has 2 aromatic rings. The van der Waals surface area contributed by atoms with Crippen molar-refractivity contribution in [1.82, 2.24) is 10.2 Å². The molecule has 0 aliphatic carbocycles. The second-order valence-electron chi connectivity index (χ2n) is 6.66. The molecule has 2 unspecified atom stereocenters. The highest BCUT2D eigenvalue weighted by molar-refractivity contribution is 5.80. The lowest BCUT2D eigenvalue weighted by Gasteiger charge is -2.32. The van der Waals surface area contributed by atoms with Crippen LogP contribution in [-0.2, 0) is 14.3 Å². The normalized spacial score (nSPS) is 22.5. The lowest BCUT2D eigenvalue weighted by molar-refractivity contribution is -0.166. The van der Waals surface area contributed by atoms with Gasteiger partial charge in [-0.3, -0.25) is 9.69 Å². The largest absolute Gasteiger partial charge is 0.455 e. The molecule has 142 valence electrons. The van der Waals surface area contributed by atoms with Gasteiger partial charge in [-0.1, -0.05) is 48.5 Å². The third-order valence-corrected chi connectivity index (χ3v) is 4.84. The quantitative estimate of drug-likeness (QED) is 0.874. The summed E-state index contributed by atoms with van der Waals surface area (Å²) in [4.78, 5) is 14.9. The van der Waals surface area contributed by atoms with Gasteiger partial charge >= 0.3 is 0 Å². The van der Waals surface area contributed by atoms with Crippen molar-refractivity contribution in [3.05, 3.63) is 65.7 Å². The average molecular weight is 368 g/mol. The van der Waals surface area contributed by atoms with Crippen LogP contribution in [0.25, 0.3) is 0 Å². The molecular weight excluding hydrogens is 344 g/mol. The standard InChI is InChI=1S/C21H24N2O4/c24-20(22-10-11-23-12-14-25-15-13-23)21-26-18-9-5-4-8-17(18)19(27-21)16-6-2-1-3-7-16/h1-9,19,21H,10-15H2,(H,22,24). The van der Waals surface area contributed by atoms with E-state index < -0.39 is 6.29 Å². The molecule has 0 spiro atoms. The molecule has 1 amide bonds. The Morgan fingerprint density at radius 3 is 2.59 bits per heavy atom. The van der Waals surface area contributed by atoms with Crippen molar-refractivity contribution < 1.29 is 19.0 Å². The maximum absolute atomic E-state index is 12.6. The lowest BCUT2D eigenvalue weighted by atomic mass is 9.99. The molecule has 0 bridgehead atoms. The van der Waals surface area contributed by atoms with Crippen LogP contribution in [0.1, 0.15) is 17.2 Å². The van der Waals surface area contributed by atoms with E-state index in [1.54, 1.807) is 0 Å². The van der Waals surface area contributed by atoms with Gasteiger partial charge in [-0.25, -0.2) is 0 Å². The highest BCUT2D eigenvalue weighted by Crippen LogP contribution is 2.38. The number of carbonyl (C=O) groups is 1. The van der Waals surface area contributed by atoms with Crippen LogP contribution in [0.4, 0.5) is 0 Å². The Bertz CT molecular complexity index is 762. The number of para-hydroxylation sites is 1. The zero-order valence-corrected chi connectivity index (χ0v) is 15.2. The molecule has 2 heterocycles. The number of nitrogens with zero attached hydrogens (tertiary/aromatic N) is 1. The van der Waals surface area contributed by atoms with Gasteiger partial charge in [-0.05, 0) is 11.6 Å². The molecule has 2 atom stereocenters. The summed E-state index contributed by atoms with van der Waals surface area (Å²) in [6, 6.07) is 17.6. The maximum atomic E-state index is 12.6. The number of hydrogen-bond acceptors (Lipinski definition) is 5. The summed E-state index contributed by atoms with van der Waals surface area (Å²) < 4.78 is 17.2. The van der Waals surface area contributed by atoms with E-state index in [-0.39, 0.29) is 12.0 Å². The molecule has 6 heteroatoms. The van der Waals surface area contributed by atoms with E-state index in [0.29, 0.717) is 12.3 Å². The molecule has 2 aliphatic heterocycles. The van der Waals surface area contributed by atoms with Crippen LogP contribution in [0.2, 0.25) is 0 Å². The van der Waals surface area contributed by atoms with Gasteiger partial charge in [0.2, 0.25) is 0 Å². The van der Waals surface area contributed by atoms with Crippen LogP contribution in [-0.4, -0.2) is 56.5 Å². The molecule has 1 N–H and O–H groups in total. The number of rotatable bonds is 5. The predicted octanol–water partition coefficient (Wildman–Crippen LogP) is 1.96. The summed E-state index contributed by atoms with van der Waals surface area (Å²) in [5, 5.41) is 2.93. The predicted molar refractivity (Wildman–Crippen MR) is 100 cm³/mol. The van der Waals surface area contributed by atoms with Gasteiger partial charge < -0.3 is 19.5 Å². The smallest absolute Gasteiger partial charge is 0.289 e. The Labute approximate surface area is 159 Å². The Balaban J connectivity index is 1.42. The lowest BCUT2D eigenvalue weighted by Crippen LogP contribution is -2.46. The first-order valence-corrected chi connectivity index (χ1v) is 9.35. The number of benzene rings is 2. The van der Waals surface area contributed by atoms with Crippen molar-refractivity contribution in [3.8, 4) is 5.75 Å². The van der Waals surface area contributed by atoms with Crippen LogP contribution in [0.15, 0.2) is 54.6 Å². The number of morpholine rings is 1. The number of ether oxygens (including phenoxy) is 3. The Kier molecular flexibility index (Phi) is 5.67. The summed E-state index contributed by atoms with van der Waals surface area (Å²) in [5.41, 5.74) is 1.93. The molecule has 27 heavy (non-hydrogen) atoms. The molecule has 4 rings (SSSR count). The van der Waals surface area contributed by atoms with Gasteiger partial charge in [-0.2, -0.15) is 0 Å². The first-order valence-electron chi connectivity index (χ1n) is 9.35. The fraction of sp³-hybridized carbons (Fsp3) is 0.381. The summed E-state index contributed by atoms with van der Waals surface area (Å²) in [6.45, 7) is 4.64. The fourth-order valence-corrected chi connectivity index (χ4v) is 3.39. The molecule has 6 nitrogen and oxygen atoms in total. The van der Waals surface area contributed by atoms with Crippen LogP contribution in [0.5, 0.6) is 5.75 Å². The van der Waals surface area contributed by atoms with Gasteiger partial charge in [0.05, 0.1) is 13.2 Å². The third kappa shape index (κ3) is 4.30. The summed E-state index contributed by atoms with van der Waals surface area (Å²) in [6.07, 6.45) is -1.29. The third-order valence-electron chi connectivity index (χ3n) is 4.84. The number of amides is 1. The van der Waals surface area contributed by atoms with E-state index in [4.69, 9.17) is 14.2 Å². The van der Waals surface area contributed by atoms with Crippen molar-refractivity contribution >= 4 is 5.91 Å². The summed E-state index contributed by atoms with van der Waals surface area (Å²) in [5.74, 6) is 0.435.